The normalized spacial score (nSPS) is 10.5. The van der Waals surface area contributed by atoms with Gasteiger partial charge in [-0.1, -0.05) is 0 Å². The number of hydrogen-bond donors (Lipinski definition) is 4. The molecule has 112 valence electrons. The Morgan fingerprint density at radius 1 is 1.00 bits per heavy atom. The average molecular weight is 300 g/mol. The zero-order valence-electron chi connectivity index (χ0n) is 11.2. The van der Waals surface area contributed by atoms with Crippen molar-refractivity contribution >= 4 is 18.1 Å². The van der Waals surface area contributed by atoms with Crippen LogP contribution in [0.3, 0.4) is 0 Å². The molecule has 0 unspecified atom stereocenters. The lowest BCUT2D eigenvalue weighted by molar-refractivity contribution is 0.0696. The third kappa shape index (κ3) is 3.60. The summed E-state index contributed by atoms with van der Waals surface area (Å²) in [6.07, 6.45) is 1.14. The van der Waals surface area contributed by atoms with Crippen LogP contribution in [0.15, 0.2) is 47.6 Å². The molecule has 7 heteroatoms. The van der Waals surface area contributed by atoms with E-state index in [0.717, 1.165) is 6.21 Å². The van der Waals surface area contributed by atoms with Crippen molar-refractivity contribution in [2.24, 2.45) is 5.10 Å². The van der Waals surface area contributed by atoms with Crippen LogP contribution < -0.4 is 5.43 Å². The molecule has 0 radical (unpaired) electrons. The van der Waals surface area contributed by atoms with E-state index in [0.29, 0.717) is 5.56 Å². The highest BCUT2D eigenvalue weighted by Gasteiger charge is 2.07. The van der Waals surface area contributed by atoms with E-state index in [1.165, 1.54) is 42.5 Å². The summed E-state index contributed by atoms with van der Waals surface area (Å²) in [5.41, 5.74) is 2.67. The van der Waals surface area contributed by atoms with Crippen molar-refractivity contribution in [2.75, 3.05) is 0 Å². The highest BCUT2D eigenvalue weighted by atomic mass is 16.4. The van der Waals surface area contributed by atoms with Crippen LogP contribution in [0.25, 0.3) is 0 Å². The van der Waals surface area contributed by atoms with Crippen molar-refractivity contribution in [2.45, 2.75) is 0 Å². The van der Waals surface area contributed by atoms with E-state index in [2.05, 4.69) is 10.5 Å². The minimum atomic E-state index is -1.14. The van der Waals surface area contributed by atoms with Gasteiger partial charge >= 0.3 is 5.97 Å². The third-order valence-corrected chi connectivity index (χ3v) is 2.77. The number of aromatic carboxylic acids is 1. The first-order chi connectivity index (χ1) is 10.5. The highest BCUT2D eigenvalue weighted by molar-refractivity contribution is 5.96. The van der Waals surface area contributed by atoms with Gasteiger partial charge in [-0.25, -0.2) is 10.2 Å². The Balaban J connectivity index is 2.09. The number of rotatable bonds is 4. The molecule has 2 aromatic carbocycles. The average Bonchev–Trinajstić information content (AvgIpc) is 2.49. The van der Waals surface area contributed by atoms with Crippen molar-refractivity contribution < 1.29 is 24.9 Å². The standard InChI is InChI=1S/C15H12N2O5/c18-12-4-1-9(2-5-12)14(20)17-16-8-11-7-10(15(21)22)3-6-13(11)19/h1-8,18-19H,(H,17,20)(H,21,22). The van der Waals surface area contributed by atoms with Gasteiger partial charge in [-0.2, -0.15) is 5.10 Å². The van der Waals surface area contributed by atoms with Gasteiger partial charge in [-0.3, -0.25) is 4.79 Å². The number of hydrogen-bond acceptors (Lipinski definition) is 5. The topological polar surface area (TPSA) is 119 Å². The lowest BCUT2D eigenvalue weighted by Gasteiger charge is -2.02. The summed E-state index contributed by atoms with van der Waals surface area (Å²) >= 11 is 0. The Bertz CT molecular complexity index is 738. The van der Waals surface area contributed by atoms with Gasteiger partial charge in [0.1, 0.15) is 11.5 Å². The number of aromatic hydroxyl groups is 2. The second-order valence-corrected chi connectivity index (χ2v) is 4.32. The summed E-state index contributed by atoms with van der Waals surface area (Å²) in [4.78, 5) is 22.6. The Morgan fingerprint density at radius 3 is 2.27 bits per heavy atom. The predicted octanol–water partition coefficient (Wildman–Crippen LogP) is 1.56. The lowest BCUT2D eigenvalue weighted by atomic mass is 10.1. The monoisotopic (exact) mass is 300 g/mol. The minimum absolute atomic E-state index is 0.0101. The Hall–Kier alpha value is -3.35. The summed E-state index contributed by atoms with van der Waals surface area (Å²) < 4.78 is 0. The van der Waals surface area contributed by atoms with Crippen LogP contribution in [0.2, 0.25) is 0 Å². The third-order valence-electron chi connectivity index (χ3n) is 2.77. The molecule has 0 aromatic heterocycles. The number of carboxylic acid groups (broad SMARTS) is 1. The van der Waals surface area contributed by atoms with Gasteiger partial charge in [0.15, 0.2) is 0 Å². The van der Waals surface area contributed by atoms with Gasteiger partial charge in [0.05, 0.1) is 11.8 Å². The number of nitrogens with zero attached hydrogens (tertiary/aromatic N) is 1. The van der Waals surface area contributed by atoms with Gasteiger partial charge < -0.3 is 15.3 Å². The number of benzene rings is 2. The van der Waals surface area contributed by atoms with Crippen molar-refractivity contribution in [1.82, 2.24) is 5.43 Å². The molecule has 0 aliphatic rings. The molecule has 0 aliphatic carbocycles. The summed E-state index contributed by atoms with van der Waals surface area (Å²) in [6.45, 7) is 0. The first-order valence-electron chi connectivity index (χ1n) is 6.16. The van der Waals surface area contributed by atoms with E-state index >= 15 is 0 Å². The summed E-state index contributed by atoms with van der Waals surface area (Å²) in [7, 11) is 0. The maximum Gasteiger partial charge on any atom is 0.335 e. The van der Waals surface area contributed by atoms with Crippen LogP contribution in [0.1, 0.15) is 26.3 Å². The number of phenols is 2. The maximum absolute atomic E-state index is 11.7. The van der Waals surface area contributed by atoms with Crippen molar-refractivity contribution in [3.8, 4) is 11.5 Å². The fraction of sp³-hybridized carbons (Fsp3) is 0. The number of nitrogens with one attached hydrogen (secondary N) is 1. The Morgan fingerprint density at radius 2 is 1.64 bits per heavy atom. The van der Waals surface area contributed by atoms with Crippen LogP contribution in [0.4, 0.5) is 0 Å². The van der Waals surface area contributed by atoms with Gasteiger partial charge in [0.25, 0.3) is 5.91 Å². The first kappa shape index (κ1) is 15.0. The number of carbonyl (C=O) groups is 2. The molecular formula is C15H12N2O5. The van der Waals surface area contributed by atoms with Gasteiger partial charge in [0.2, 0.25) is 0 Å². The van der Waals surface area contributed by atoms with E-state index in [1.807, 2.05) is 0 Å². The SMILES string of the molecule is O=C(O)c1ccc(O)c(C=NNC(=O)c2ccc(O)cc2)c1. The van der Waals surface area contributed by atoms with Crippen LogP contribution in [0.5, 0.6) is 11.5 Å². The highest BCUT2D eigenvalue weighted by Crippen LogP contribution is 2.16. The van der Waals surface area contributed by atoms with Gasteiger partial charge in [0, 0.05) is 11.1 Å². The maximum atomic E-state index is 11.7. The molecule has 0 saturated carbocycles. The minimum Gasteiger partial charge on any atom is -0.508 e. The number of carboxylic acids is 1. The molecule has 0 fully saturated rings. The molecule has 0 bridgehead atoms. The molecule has 0 heterocycles. The molecule has 22 heavy (non-hydrogen) atoms. The molecule has 1 amide bonds. The molecule has 4 N–H and O–H groups in total. The molecular weight excluding hydrogens is 288 g/mol. The summed E-state index contributed by atoms with van der Waals surface area (Å²) in [5.74, 6) is -1.77. The van der Waals surface area contributed by atoms with E-state index in [4.69, 9.17) is 10.2 Å². The predicted molar refractivity (Wildman–Crippen MR) is 78.2 cm³/mol. The van der Waals surface area contributed by atoms with Gasteiger partial charge in [-0.15, -0.1) is 0 Å². The van der Waals surface area contributed by atoms with Crippen LogP contribution in [-0.4, -0.2) is 33.4 Å². The second kappa shape index (κ2) is 6.40. The zero-order valence-corrected chi connectivity index (χ0v) is 11.2. The quantitative estimate of drug-likeness (QED) is 0.504. The zero-order chi connectivity index (χ0) is 16.1. The molecule has 0 spiro atoms. The Kier molecular flexibility index (Phi) is 4.38. The molecule has 7 nitrogen and oxygen atoms in total. The number of hydrazone groups is 1. The molecule has 2 aromatic rings. The van der Waals surface area contributed by atoms with E-state index in [-0.39, 0.29) is 22.6 Å². The largest absolute Gasteiger partial charge is 0.508 e. The number of amides is 1. The molecule has 0 saturated heterocycles. The first-order valence-corrected chi connectivity index (χ1v) is 6.16. The van der Waals surface area contributed by atoms with E-state index in [1.54, 1.807) is 0 Å². The van der Waals surface area contributed by atoms with E-state index < -0.39 is 11.9 Å². The number of phenolic OH excluding ortho intramolecular Hbond substituents is 2. The molecule has 0 atom stereocenters. The molecule has 2 rings (SSSR count). The van der Waals surface area contributed by atoms with Crippen molar-refractivity contribution in [3.05, 3.63) is 59.2 Å². The van der Waals surface area contributed by atoms with E-state index in [9.17, 15) is 14.7 Å². The van der Waals surface area contributed by atoms with Crippen molar-refractivity contribution in [3.63, 3.8) is 0 Å². The fourth-order valence-corrected chi connectivity index (χ4v) is 1.63. The van der Waals surface area contributed by atoms with Crippen LogP contribution in [-0.2, 0) is 0 Å². The lowest BCUT2D eigenvalue weighted by Crippen LogP contribution is -2.17. The summed E-state index contributed by atoms with van der Waals surface area (Å²) in [6, 6.07) is 9.28. The van der Waals surface area contributed by atoms with Crippen LogP contribution >= 0.6 is 0 Å². The fourth-order valence-electron chi connectivity index (χ4n) is 1.63. The number of carbonyl (C=O) groups excluding carboxylic acids is 1. The smallest absolute Gasteiger partial charge is 0.335 e. The van der Waals surface area contributed by atoms with Crippen molar-refractivity contribution in [1.29, 1.82) is 0 Å². The van der Waals surface area contributed by atoms with Crippen LogP contribution in [0, 0.1) is 0 Å². The Labute approximate surface area is 125 Å². The summed E-state index contributed by atoms with van der Waals surface area (Å²) in [5, 5.41) is 31.3. The molecule has 0 aliphatic heterocycles. The second-order valence-electron chi connectivity index (χ2n) is 4.32. The van der Waals surface area contributed by atoms with Gasteiger partial charge in [-0.05, 0) is 42.5 Å².